The Hall–Kier alpha value is -2.29. The van der Waals surface area contributed by atoms with Crippen molar-refractivity contribution in [2.24, 2.45) is 0 Å². The van der Waals surface area contributed by atoms with Crippen LogP contribution in [0.25, 0.3) is 0 Å². The molecule has 0 radical (unpaired) electrons. The van der Waals surface area contributed by atoms with Gasteiger partial charge in [-0.05, 0) is 43.4 Å². The standard InChI is InChI=1S/C21H24N2O/c24-20(21(13-14-21)17-8-3-1-4-9-17)23-15-7-12-19(16-23)22-18-10-5-2-6-11-18/h1-6,8-11,19,22H,7,12-16H2. The van der Waals surface area contributed by atoms with Crippen molar-refractivity contribution >= 4 is 11.6 Å². The molecule has 0 spiro atoms. The lowest BCUT2D eigenvalue weighted by atomic mass is 9.93. The van der Waals surface area contributed by atoms with E-state index < -0.39 is 0 Å². The second-order valence-electron chi connectivity index (χ2n) is 7.05. The number of amides is 1. The van der Waals surface area contributed by atoms with Crippen LogP contribution in [-0.4, -0.2) is 29.9 Å². The Bertz CT molecular complexity index is 694. The number of anilines is 1. The van der Waals surface area contributed by atoms with Gasteiger partial charge in [-0.3, -0.25) is 4.79 Å². The minimum atomic E-state index is -0.240. The molecule has 0 aromatic heterocycles. The Balaban J connectivity index is 1.45. The van der Waals surface area contributed by atoms with Gasteiger partial charge in [0.2, 0.25) is 5.91 Å². The van der Waals surface area contributed by atoms with Crippen molar-refractivity contribution in [3.8, 4) is 0 Å². The summed E-state index contributed by atoms with van der Waals surface area (Å²) in [5, 5.41) is 3.58. The zero-order valence-electron chi connectivity index (χ0n) is 13.9. The van der Waals surface area contributed by atoms with Crippen LogP contribution in [-0.2, 0) is 10.2 Å². The maximum atomic E-state index is 13.2. The van der Waals surface area contributed by atoms with Gasteiger partial charge in [-0.15, -0.1) is 0 Å². The topological polar surface area (TPSA) is 32.3 Å². The monoisotopic (exact) mass is 320 g/mol. The van der Waals surface area contributed by atoms with Gasteiger partial charge in [0.1, 0.15) is 0 Å². The lowest BCUT2D eigenvalue weighted by molar-refractivity contribution is -0.135. The number of carbonyl (C=O) groups is 1. The summed E-state index contributed by atoms with van der Waals surface area (Å²) in [5.41, 5.74) is 2.09. The Labute approximate surface area is 143 Å². The van der Waals surface area contributed by atoms with Crippen molar-refractivity contribution in [1.29, 1.82) is 0 Å². The number of hydrogen-bond donors (Lipinski definition) is 1. The van der Waals surface area contributed by atoms with Gasteiger partial charge >= 0.3 is 0 Å². The van der Waals surface area contributed by atoms with Crippen LogP contribution in [0.15, 0.2) is 60.7 Å². The van der Waals surface area contributed by atoms with E-state index >= 15 is 0 Å². The second-order valence-corrected chi connectivity index (χ2v) is 7.05. The third-order valence-corrected chi connectivity index (χ3v) is 5.34. The number of rotatable bonds is 4. The molecule has 1 unspecified atom stereocenters. The molecule has 2 aromatic carbocycles. The zero-order chi connectivity index (χ0) is 16.4. The van der Waals surface area contributed by atoms with E-state index in [1.165, 1.54) is 5.56 Å². The summed E-state index contributed by atoms with van der Waals surface area (Å²) in [7, 11) is 0. The minimum absolute atomic E-state index is 0.240. The fraction of sp³-hybridized carbons (Fsp3) is 0.381. The van der Waals surface area contributed by atoms with Crippen molar-refractivity contribution in [3.05, 3.63) is 66.2 Å². The molecule has 2 fully saturated rings. The van der Waals surface area contributed by atoms with Crippen LogP contribution in [0.5, 0.6) is 0 Å². The number of carbonyl (C=O) groups excluding carboxylic acids is 1. The highest BCUT2D eigenvalue weighted by Gasteiger charge is 2.53. The molecule has 2 aliphatic rings. The highest BCUT2D eigenvalue weighted by molar-refractivity contribution is 5.91. The number of benzene rings is 2. The molecule has 24 heavy (non-hydrogen) atoms. The number of hydrogen-bond acceptors (Lipinski definition) is 2. The first-order valence-corrected chi connectivity index (χ1v) is 8.94. The summed E-state index contributed by atoms with van der Waals surface area (Å²) >= 11 is 0. The van der Waals surface area contributed by atoms with E-state index in [2.05, 4.69) is 34.5 Å². The SMILES string of the molecule is O=C(N1CCCC(Nc2ccccc2)C1)C1(c2ccccc2)CC1. The average Bonchev–Trinajstić information content (AvgIpc) is 3.45. The fourth-order valence-corrected chi connectivity index (χ4v) is 3.86. The largest absolute Gasteiger partial charge is 0.381 e. The van der Waals surface area contributed by atoms with E-state index in [0.717, 1.165) is 44.5 Å². The highest BCUT2D eigenvalue weighted by atomic mass is 16.2. The zero-order valence-corrected chi connectivity index (χ0v) is 13.9. The van der Waals surface area contributed by atoms with E-state index in [1.54, 1.807) is 0 Å². The summed E-state index contributed by atoms with van der Waals surface area (Å²) in [5.74, 6) is 0.327. The molecule has 1 saturated carbocycles. The van der Waals surface area contributed by atoms with Crippen molar-refractivity contribution < 1.29 is 4.79 Å². The van der Waals surface area contributed by atoms with Crippen LogP contribution < -0.4 is 5.32 Å². The second kappa shape index (κ2) is 6.31. The first-order valence-electron chi connectivity index (χ1n) is 8.94. The van der Waals surface area contributed by atoms with E-state index in [9.17, 15) is 4.79 Å². The summed E-state index contributed by atoms with van der Waals surface area (Å²) in [6.07, 6.45) is 4.17. The van der Waals surface area contributed by atoms with E-state index in [-0.39, 0.29) is 5.41 Å². The van der Waals surface area contributed by atoms with Crippen molar-refractivity contribution in [3.63, 3.8) is 0 Å². The third kappa shape index (κ3) is 2.91. The molecule has 1 aliphatic heterocycles. The van der Waals surface area contributed by atoms with Gasteiger partial charge in [0, 0.05) is 24.8 Å². The molecule has 1 heterocycles. The molecule has 3 heteroatoms. The lowest BCUT2D eigenvalue weighted by Crippen LogP contribution is -2.48. The third-order valence-electron chi connectivity index (χ3n) is 5.34. The highest BCUT2D eigenvalue weighted by Crippen LogP contribution is 2.49. The van der Waals surface area contributed by atoms with Gasteiger partial charge in [0.25, 0.3) is 0 Å². The quantitative estimate of drug-likeness (QED) is 0.929. The molecule has 4 rings (SSSR count). The van der Waals surface area contributed by atoms with E-state index in [4.69, 9.17) is 0 Å². The Morgan fingerprint density at radius 1 is 1.00 bits per heavy atom. The number of nitrogens with zero attached hydrogens (tertiary/aromatic N) is 1. The molecular weight excluding hydrogens is 296 g/mol. The molecule has 1 amide bonds. The smallest absolute Gasteiger partial charge is 0.233 e. The summed E-state index contributed by atoms with van der Waals surface area (Å²) < 4.78 is 0. The van der Waals surface area contributed by atoms with Gasteiger partial charge in [0.15, 0.2) is 0 Å². The van der Waals surface area contributed by atoms with Crippen molar-refractivity contribution in [1.82, 2.24) is 4.90 Å². The number of piperidine rings is 1. The molecule has 0 bridgehead atoms. The molecule has 1 N–H and O–H groups in total. The predicted octanol–water partition coefficient (Wildman–Crippen LogP) is 3.82. The van der Waals surface area contributed by atoms with Crippen LogP contribution in [0.3, 0.4) is 0 Å². The van der Waals surface area contributed by atoms with E-state index in [0.29, 0.717) is 11.9 Å². The molecule has 2 aromatic rings. The van der Waals surface area contributed by atoms with Crippen LogP contribution in [0.2, 0.25) is 0 Å². The first-order chi connectivity index (χ1) is 11.8. The molecule has 1 saturated heterocycles. The molecular formula is C21H24N2O. The van der Waals surface area contributed by atoms with Crippen molar-refractivity contribution in [2.45, 2.75) is 37.1 Å². The Morgan fingerprint density at radius 2 is 1.67 bits per heavy atom. The summed E-state index contributed by atoms with van der Waals surface area (Å²) in [6, 6.07) is 21.0. The normalized spacial score (nSPS) is 22.0. The molecule has 1 atom stereocenters. The Kier molecular flexibility index (Phi) is 4.01. The average molecular weight is 320 g/mol. The van der Waals surface area contributed by atoms with E-state index in [1.807, 2.05) is 36.4 Å². The van der Waals surface area contributed by atoms with Crippen LogP contribution >= 0.6 is 0 Å². The van der Waals surface area contributed by atoms with Gasteiger partial charge in [-0.2, -0.15) is 0 Å². The van der Waals surface area contributed by atoms with Gasteiger partial charge in [0.05, 0.1) is 5.41 Å². The van der Waals surface area contributed by atoms with Gasteiger partial charge in [-0.25, -0.2) is 0 Å². The van der Waals surface area contributed by atoms with Crippen LogP contribution in [0, 0.1) is 0 Å². The lowest BCUT2D eigenvalue weighted by Gasteiger charge is -2.36. The van der Waals surface area contributed by atoms with Gasteiger partial charge < -0.3 is 10.2 Å². The number of para-hydroxylation sites is 1. The minimum Gasteiger partial charge on any atom is -0.381 e. The summed E-state index contributed by atoms with van der Waals surface area (Å²) in [6.45, 7) is 1.70. The number of nitrogens with one attached hydrogen (secondary N) is 1. The molecule has 1 aliphatic carbocycles. The first kappa shape index (κ1) is 15.3. The summed E-state index contributed by atoms with van der Waals surface area (Å²) in [4.78, 5) is 15.3. The number of likely N-dealkylation sites (tertiary alicyclic amines) is 1. The van der Waals surface area contributed by atoms with Crippen LogP contribution in [0.4, 0.5) is 5.69 Å². The van der Waals surface area contributed by atoms with Gasteiger partial charge in [-0.1, -0.05) is 48.5 Å². The fourth-order valence-electron chi connectivity index (χ4n) is 3.86. The predicted molar refractivity (Wildman–Crippen MR) is 97.0 cm³/mol. The molecule has 124 valence electrons. The maximum Gasteiger partial charge on any atom is 0.233 e. The van der Waals surface area contributed by atoms with Crippen LogP contribution in [0.1, 0.15) is 31.2 Å². The molecule has 3 nitrogen and oxygen atoms in total. The maximum absolute atomic E-state index is 13.2. The van der Waals surface area contributed by atoms with Crippen molar-refractivity contribution in [2.75, 3.05) is 18.4 Å². The Morgan fingerprint density at radius 3 is 2.33 bits per heavy atom.